The van der Waals surface area contributed by atoms with Crippen molar-refractivity contribution in [2.45, 2.75) is 20.3 Å². The average Bonchev–Trinajstić information content (AvgIpc) is 1.85. The summed E-state index contributed by atoms with van der Waals surface area (Å²) in [6.07, 6.45) is 6.50. The van der Waals surface area contributed by atoms with Gasteiger partial charge in [0.25, 0.3) is 0 Å². The molecule has 1 aliphatic carbocycles. The zero-order chi connectivity index (χ0) is 8.27. The highest BCUT2D eigenvalue weighted by molar-refractivity contribution is 5.39. The normalized spacial score (nSPS) is 23.3. The summed E-state index contributed by atoms with van der Waals surface area (Å²) in [5.41, 5.74) is 2.02. The molecule has 1 unspecified atom stereocenters. The van der Waals surface area contributed by atoms with E-state index < -0.39 is 0 Å². The van der Waals surface area contributed by atoms with Crippen molar-refractivity contribution in [3.8, 4) is 0 Å². The van der Waals surface area contributed by atoms with Crippen LogP contribution in [0.1, 0.15) is 20.3 Å². The highest BCUT2D eigenvalue weighted by atomic mass is 16.1. The fraction of sp³-hybridized carbons (Fsp3) is 0.444. The van der Waals surface area contributed by atoms with E-state index in [1.807, 2.05) is 13.0 Å². The quantitative estimate of drug-likeness (QED) is 0.415. The Kier molecular flexibility index (Phi) is 2.40. The van der Waals surface area contributed by atoms with E-state index in [0.29, 0.717) is 5.92 Å². The van der Waals surface area contributed by atoms with E-state index in [0.717, 1.165) is 12.1 Å². The van der Waals surface area contributed by atoms with Crippen molar-refractivity contribution in [3.63, 3.8) is 0 Å². The van der Waals surface area contributed by atoms with Gasteiger partial charge in [0.15, 0.2) is 0 Å². The average molecular weight is 149 g/mol. The van der Waals surface area contributed by atoms with Gasteiger partial charge >= 0.3 is 0 Å². The summed E-state index contributed by atoms with van der Waals surface area (Å²) >= 11 is 0. The molecule has 11 heavy (non-hydrogen) atoms. The number of hydrogen-bond acceptors (Lipinski definition) is 2. The van der Waals surface area contributed by atoms with Crippen LogP contribution in [0.3, 0.4) is 0 Å². The minimum Gasteiger partial charge on any atom is -0.211 e. The number of rotatable bonds is 1. The Balaban J connectivity index is 2.83. The summed E-state index contributed by atoms with van der Waals surface area (Å²) in [7, 11) is 0. The Morgan fingerprint density at radius 1 is 1.73 bits per heavy atom. The maximum atomic E-state index is 9.93. The van der Waals surface area contributed by atoms with Crippen LogP contribution in [-0.2, 0) is 4.79 Å². The van der Waals surface area contributed by atoms with E-state index in [1.54, 1.807) is 6.08 Å². The standard InChI is InChI=1S/C9H11NO/c1-7-3-8(2)5-9(4-7)10-6-11/h3-4,8H,5H2,1-2H3. The summed E-state index contributed by atoms with van der Waals surface area (Å²) in [5.74, 6) is 0.493. The molecule has 0 heterocycles. The van der Waals surface area contributed by atoms with Crippen molar-refractivity contribution in [1.82, 2.24) is 0 Å². The molecular weight excluding hydrogens is 138 g/mol. The SMILES string of the molecule is CC1=CC(C)CC(N=C=O)=C1. The minimum atomic E-state index is 0.493. The Hall–Kier alpha value is -1.14. The van der Waals surface area contributed by atoms with Crippen molar-refractivity contribution in [2.75, 3.05) is 0 Å². The molecule has 1 aliphatic rings. The first-order valence-corrected chi connectivity index (χ1v) is 3.69. The molecule has 0 aromatic rings. The van der Waals surface area contributed by atoms with E-state index in [4.69, 9.17) is 0 Å². The van der Waals surface area contributed by atoms with Crippen molar-refractivity contribution >= 4 is 6.08 Å². The first-order valence-electron chi connectivity index (χ1n) is 3.69. The van der Waals surface area contributed by atoms with E-state index >= 15 is 0 Å². The molecule has 1 atom stereocenters. The van der Waals surface area contributed by atoms with Crippen molar-refractivity contribution in [1.29, 1.82) is 0 Å². The molecule has 0 bridgehead atoms. The molecule has 0 saturated carbocycles. The molecular formula is C9H11NO. The second-order valence-electron chi connectivity index (χ2n) is 2.93. The summed E-state index contributed by atoms with van der Waals surface area (Å²) in [4.78, 5) is 13.5. The first kappa shape index (κ1) is 7.96. The number of hydrogen-bond donors (Lipinski definition) is 0. The van der Waals surface area contributed by atoms with Gasteiger partial charge in [0.05, 0.1) is 5.70 Å². The fourth-order valence-corrected chi connectivity index (χ4v) is 1.34. The Morgan fingerprint density at radius 2 is 2.45 bits per heavy atom. The molecule has 0 N–H and O–H groups in total. The topological polar surface area (TPSA) is 29.4 Å². The van der Waals surface area contributed by atoms with E-state index in [9.17, 15) is 4.79 Å². The molecule has 0 aliphatic heterocycles. The lowest BCUT2D eigenvalue weighted by Gasteiger charge is -2.12. The minimum absolute atomic E-state index is 0.493. The summed E-state index contributed by atoms with van der Waals surface area (Å²) < 4.78 is 0. The van der Waals surface area contributed by atoms with Crippen molar-refractivity contribution in [3.05, 3.63) is 23.4 Å². The zero-order valence-corrected chi connectivity index (χ0v) is 6.79. The lowest BCUT2D eigenvalue weighted by Crippen LogP contribution is -1.98. The highest BCUT2D eigenvalue weighted by Crippen LogP contribution is 2.22. The van der Waals surface area contributed by atoms with Crippen LogP contribution in [0.2, 0.25) is 0 Å². The second kappa shape index (κ2) is 3.31. The highest BCUT2D eigenvalue weighted by Gasteiger charge is 2.07. The third-order valence-electron chi connectivity index (χ3n) is 1.66. The maximum Gasteiger partial charge on any atom is 0.240 e. The third-order valence-corrected chi connectivity index (χ3v) is 1.66. The van der Waals surface area contributed by atoms with Gasteiger partial charge in [0.2, 0.25) is 6.08 Å². The van der Waals surface area contributed by atoms with Gasteiger partial charge in [0, 0.05) is 0 Å². The van der Waals surface area contributed by atoms with E-state index in [1.165, 1.54) is 5.57 Å². The molecule has 0 fully saturated rings. The van der Waals surface area contributed by atoms with Gasteiger partial charge in [-0.15, -0.1) is 0 Å². The maximum absolute atomic E-state index is 9.93. The molecule has 0 spiro atoms. The Labute approximate surface area is 66.3 Å². The molecule has 0 saturated heterocycles. The van der Waals surface area contributed by atoms with Crippen LogP contribution in [0.25, 0.3) is 0 Å². The lowest BCUT2D eigenvalue weighted by atomic mass is 9.96. The van der Waals surface area contributed by atoms with E-state index in [2.05, 4.69) is 18.0 Å². The molecule has 0 aromatic heterocycles. The monoisotopic (exact) mass is 149 g/mol. The Bertz CT molecular complexity index is 257. The van der Waals surface area contributed by atoms with Gasteiger partial charge in [0.1, 0.15) is 0 Å². The molecule has 58 valence electrons. The Morgan fingerprint density at radius 3 is 3.00 bits per heavy atom. The number of allylic oxidation sites excluding steroid dienone is 4. The molecule has 0 amide bonds. The third kappa shape index (κ3) is 2.17. The predicted molar refractivity (Wildman–Crippen MR) is 43.7 cm³/mol. The van der Waals surface area contributed by atoms with Crippen LogP contribution in [-0.4, -0.2) is 6.08 Å². The summed E-state index contributed by atoms with van der Waals surface area (Å²) in [5, 5.41) is 0. The smallest absolute Gasteiger partial charge is 0.211 e. The molecule has 0 radical (unpaired) electrons. The van der Waals surface area contributed by atoms with Gasteiger partial charge in [-0.3, -0.25) is 0 Å². The summed E-state index contributed by atoms with van der Waals surface area (Å²) in [6, 6.07) is 0. The largest absolute Gasteiger partial charge is 0.240 e. The van der Waals surface area contributed by atoms with Crippen LogP contribution < -0.4 is 0 Å². The first-order chi connectivity index (χ1) is 5.22. The zero-order valence-electron chi connectivity index (χ0n) is 6.79. The van der Waals surface area contributed by atoms with Gasteiger partial charge in [-0.05, 0) is 25.3 Å². The predicted octanol–water partition coefficient (Wildman–Crippen LogP) is 2.19. The number of nitrogens with zero attached hydrogens (tertiary/aromatic N) is 1. The molecule has 2 nitrogen and oxygen atoms in total. The fourth-order valence-electron chi connectivity index (χ4n) is 1.34. The molecule has 2 heteroatoms. The van der Waals surface area contributed by atoms with Gasteiger partial charge in [-0.1, -0.05) is 18.6 Å². The number of isocyanates is 1. The number of aliphatic imine (C=N–C) groups is 1. The number of carbonyl (C=O) groups excluding carboxylic acids is 1. The van der Waals surface area contributed by atoms with Gasteiger partial charge in [-0.2, -0.15) is 4.99 Å². The van der Waals surface area contributed by atoms with Crippen LogP contribution in [0.4, 0.5) is 0 Å². The van der Waals surface area contributed by atoms with Gasteiger partial charge in [-0.25, -0.2) is 4.79 Å². The van der Waals surface area contributed by atoms with Crippen LogP contribution >= 0.6 is 0 Å². The molecule has 0 aromatic carbocycles. The van der Waals surface area contributed by atoms with Crippen molar-refractivity contribution < 1.29 is 4.79 Å². The van der Waals surface area contributed by atoms with Crippen LogP contribution in [0, 0.1) is 5.92 Å². The lowest BCUT2D eigenvalue weighted by molar-refractivity contribution is 0.563. The second-order valence-corrected chi connectivity index (χ2v) is 2.93. The molecule has 1 rings (SSSR count). The van der Waals surface area contributed by atoms with Crippen molar-refractivity contribution in [2.24, 2.45) is 10.9 Å². The van der Waals surface area contributed by atoms with Crippen LogP contribution in [0.5, 0.6) is 0 Å². The van der Waals surface area contributed by atoms with Gasteiger partial charge < -0.3 is 0 Å². The van der Waals surface area contributed by atoms with Crippen LogP contribution in [0.15, 0.2) is 28.4 Å². The summed E-state index contributed by atoms with van der Waals surface area (Å²) in [6.45, 7) is 4.12. The van der Waals surface area contributed by atoms with E-state index in [-0.39, 0.29) is 0 Å².